The van der Waals surface area contributed by atoms with Crippen LogP contribution in [0.15, 0.2) is 41.9 Å². The Morgan fingerprint density at radius 3 is 2.68 bits per heavy atom. The van der Waals surface area contributed by atoms with Gasteiger partial charge in [-0.3, -0.25) is 0 Å². The van der Waals surface area contributed by atoms with Crippen molar-refractivity contribution in [3.05, 3.63) is 47.4 Å². The number of rotatable bonds is 4. The highest BCUT2D eigenvalue weighted by Crippen LogP contribution is 2.37. The zero-order valence-electron chi connectivity index (χ0n) is 11.1. The maximum atomic E-state index is 9.33. The lowest BCUT2D eigenvalue weighted by molar-refractivity contribution is -0.158. The molecule has 100 valence electrons. The van der Waals surface area contributed by atoms with Gasteiger partial charge in [-0.25, -0.2) is 0 Å². The molecule has 1 aliphatic heterocycles. The van der Waals surface area contributed by atoms with Crippen molar-refractivity contribution in [1.29, 1.82) is 5.26 Å². The van der Waals surface area contributed by atoms with Gasteiger partial charge >= 0.3 is 0 Å². The zero-order valence-corrected chi connectivity index (χ0v) is 11.1. The average molecular weight is 259 g/mol. The summed E-state index contributed by atoms with van der Waals surface area (Å²) in [5.41, 5.74) is 1.59. The highest BCUT2D eigenvalue weighted by Gasteiger charge is 2.33. The van der Waals surface area contributed by atoms with Gasteiger partial charge in [-0.1, -0.05) is 30.3 Å². The number of benzene rings is 1. The van der Waals surface area contributed by atoms with Crippen LogP contribution >= 0.6 is 0 Å². The molecular formula is C15H17NO3. The second kappa shape index (κ2) is 6.26. The first-order valence-electron chi connectivity index (χ1n) is 6.31. The van der Waals surface area contributed by atoms with Crippen molar-refractivity contribution in [2.24, 2.45) is 0 Å². The van der Waals surface area contributed by atoms with Crippen molar-refractivity contribution in [3.8, 4) is 6.07 Å². The van der Waals surface area contributed by atoms with Gasteiger partial charge in [0.2, 0.25) is 6.29 Å². The molecule has 0 unspecified atom stereocenters. The molecule has 0 aromatic heterocycles. The smallest absolute Gasteiger partial charge is 0.296 e. The Balaban J connectivity index is 2.36. The summed E-state index contributed by atoms with van der Waals surface area (Å²) >= 11 is 0. The fourth-order valence-corrected chi connectivity index (χ4v) is 2.24. The van der Waals surface area contributed by atoms with Gasteiger partial charge in [-0.2, -0.15) is 5.26 Å². The predicted molar refractivity (Wildman–Crippen MR) is 69.9 cm³/mol. The second-order valence-electron chi connectivity index (χ2n) is 4.22. The topological polar surface area (TPSA) is 51.5 Å². The maximum absolute atomic E-state index is 9.33. The van der Waals surface area contributed by atoms with Crippen LogP contribution in [-0.4, -0.2) is 20.0 Å². The van der Waals surface area contributed by atoms with Gasteiger partial charge in [0.25, 0.3) is 5.95 Å². The number of hydrogen-bond acceptors (Lipinski definition) is 4. The molecule has 0 bridgehead atoms. The molecule has 2 atom stereocenters. The average Bonchev–Trinajstić information content (AvgIpc) is 2.47. The normalized spacial score (nSPS) is 22.6. The third-order valence-corrected chi connectivity index (χ3v) is 3.10. The number of hydrogen-bond donors (Lipinski definition) is 0. The molecule has 0 amide bonds. The Hall–Kier alpha value is -1.99. The largest absolute Gasteiger partial charge is 0.468 e. The van der Waals surface area contributed by atoms with E-state index in [-0.39, 0.29) is 18.2 Å². The van der Waals surface area contributed by atoms with Crippen molar-refractivity contribution in [2.75, 3.05) is 13.7 Å². The van der Waals surface area contributed by atoms with Crippen LogP contribution in [0, 0.1) is 11.3 Å². The fraction of sp³-hybridized carbons (Fsp3) is 0.400. The molecule has 0 aliphatic carbocycles. The highest BCUT2D eigenvalue weighted by atomic mass is 16.8. The summed E-state index contributed by atoms with van der Waals surface area (Å²) < 4.78 is 16.2. The maximum Gasteiger partial charge on any atom is 0.296 e. The van der Waals surface area contributed by atoms with Gasteiger partial charge in [0.05, 0.1) is 7.11 Å². The van der Waals surface area contributed by atoms with Gasteiger partial charge in [0.15, 0.2) is 0 Å². The standard InChI is InChI=1S/C15H17NO3/c1-3-18-14-9-12(11-7-5-4-6-8-11)13(10-16)15(17-2)19-14/h4-8,12,14H,3,9H2,1-2H3/t12-,14+/m0/s1. The van der Waals surface area contributed by atoms with Crippen molar-refractivity contribution in [1.82, 2.24) is 0 Å². The molecule has 1 aromatic carbocycles. The first-order valence-corrected chi connectivity index (χ1v) is 6.31. The van der Waals surface area contributed by atoms with Crippen molar-refractivity contribution in [2.45, 2.75) is 25.6 Å². The molecule has 1 heterocycles. The molecule has 0 spiro atoms. The molecule has 2 rings (SSSR count). The molecule has 0 fully saturated rings. The molecule has 1 aromatic rings. The van der Waals surface area contributed by atoms with Crippen LogP contribution in [0.4, 0.5) is 0 Å². The van der Waals surface area contributed by atoms with Gasteiger partial charge in [-0.05, 0) is 12.5 Å². The van der Waals surface area contributed by atoms with E-state index in [1.807, 2.05) is 37.3 Å². The lowest BCUT2D eigenvalue weighted by Crippen LogP contribution is -2.27. The van der Waals surface area contributed by atoms with E-state index < -0.39 is 0 Å². The SMILES string of the molecule is CCO[C@H]1C[C@@H](c2ccccc2)C(C#N)=C(OC)O1. The van der Waals surface area contributed by atoms with E-state index in [0.717, 1.165) is 5.56 Å². The van der Waals surface area contributed by atoms with Crippen molar-refractivity contribution >= 4 is 0 Å². The van der Waals surface area contributed by atoms with E-state index in [1.54, 1.807) is 0 Å². The van der Waals surface area contributed by atoms with Crippen molar-refractivity contribution < 1.29 is 14.2 Å². The monoisotopic (exact) mass is 259 g/mol. The predicted octanol–water partition coefficient (Wildman–Crippen LogP) is 2.93. The first-order chi connectivity index (χ1) is 9.30. The first kappa shape index (κ1) is 13.4. The number of methoxy groups -OCH3 is 1. The molecule has 19 heavy (non-hydrogen) atoms. The number of allylic oxidation sites excluding steroid dienone is 1. The Bertz CT molecular complexity index is 490. The summed E-state index contributed by atoms with van der Waals surface area (Å²) in [6, 6.07) is 12.1. The van der Waals surface area contributed by atoms with E-state index >= 15 is 0 Å². The molecule has 4 nitrogen and oxygen atoms in total. The van der Waals surface area contributed by atoms with Crippen molar-refractivity contribution in [3.63, 3.8) is 0 Å². The van der Waals surface area contributed by atoms with Crippen LogP contribution in [0.3, 0.4) is 0 Å². The van der Waals surface area contributed by atoms with Crippen LogP contribution in [0.2, 0.25) is 0 Å². The summed E-state index contributed by atoms with van der Waals surface area (Å²) in [7, 11) is 1.50. The van der Waals surface area contributed by atoms with E-state index in [4.69, 9.17) is 14.2 Å². The summed E-state index contributed by atoms with van der Waals surface area (Å²) in [6.45, 7) is 2.47. The molecule has 1 aliphatic rings. The molecule has 0 N–H and O–H groups in total. The quantitative estimate of drug-likeness (QED) is 0.834. The number of nitrogens with zero attached hydrogens (tertiary/aromatic N) is 1. The van der Waals surface area contributed by atoms with Crippen LogP contribution in [-0.2, 0) is 14.2 Å². The van der Waals surface area contributed by atoms with E-state index in [9.17, 15) is 5.26 Å². The second-order valence-corrected chi connectivity index (χ2v) is 4.22. The lowest BCUT2D eigenvalue weighted by Gasteiger charge is -2.30. The Morgan fingerprint density at radius 2 is 2.11 bits per heavy atom. The molecular weight excluding hydrogens is 242 g/mol. The van der Waals surface area contributed by atoms with Crippen LogP contribution in [0.1, 0.15) is 24.8 Å². The number of ether oxygens (including phenoxy) is 3. The van der Waals surface area contributed by atoms with Gasteiger partial charge < -0.3 is 14.2 Å². The number of nitriles is 1. The van der Waals surface area contributed by atoms with Crippen LogP contribution in [0.25, 0.3) is 0 Å². The summed E-state index contributed by atoms with van der Waals surface area (Å²) in [5, 5.41) is 9.33. The van der Waals surface area contributed by atoms with E-state index in [0.29, 0.717) is 18.6 Å². The minimum absolute atomic E-state index is 0.0496. The summed E-state index contributed by atoms with van der Waals surface area (Å²) in [5.74, 6) is 0.215. The third kappa shape index (κ3) is 2.88. The minimum Gasteiger partial charge on any atom is -0.468 e. The Labute approximate surface area is 113 Å². The Morgan fingerprint density at radius 1 is 1.37 bits per heavy atom. The van der Waals surface area contributed by atoms with Gasteiger partial charge in [0.1, 0.15) is 11.6 Å². The van der Waals surface area contributed by atoms with Gasteiger partial charge in [-0.15, -0.1) is 0 Å². The fourth-order valence-electron chi connectivity index (χ4n) is 2.24. The van der Waals surface area contributed by atoms with Gasteiger partial charge in [0, 0.05) is 18.9 Å². The van der Waals surface area contributed by atoms with Crippen LogP contribution in [0.5, 0.6) is 0 Å². The zero-order chi connectivity index (χ0) is 13.7. The van der Waals surface area contributed by atoms with E-state index in [1.165, 1.54) is 7.11 Å². The minimum atomic E-state index is -0.373. The highest BCUT2D eigenvalue weighted by molar-refractivity contribution is 5.38. The lowest BCUT2D eigenvalue weighted by atomic mass is 9.87. The van der Waals surface area contributed by atoms with E-state index in [2.05, 4.69) is 6.07 Å². The summed E-state index contributed by atoms with van der Waals surface area (Å²) in [6.07, 6.45) is 0.246. The molecule has 0 saturated carbocycles. The third-order valence-electron chi connectivity index (χ3n) is 3.10. The molecule has 4 heteroatoms. The molecule has 0 radical (unpaired) electrons. The summed E-state index contributed by atoms with van der Waals surface area (Å²) in [4.78, 5) is 0. The Kier molecular flexibility index (Phi) is 4.43. The molecule has 0 saturated heterocycles. The van der Waals surface area contributed by atoms with Crippen LogP contribution < -0.4 is 0 Å².